The molecule has 1 aromatic carbocycles. The first kappa shape index (κ1) is 16.5. The maximum absolute atomic E-state index is 11.6. The van der Waals surface area contributed by atoms with Crippen LogP contribution in [0.4, 0.5) is 0 Å². The minimum absolute atomic E-state index is 0.0528. The molecule has 1 rings (SSSR count). The Bertz CT molecular complexity index is 464. The van der Waals surface area contributed by atoms with Crippen LogP contribution in [0, 0.1) is 5.41 Å². The average molecular weight is 297 g/mol. The number of carbonyl (C=O) groups excluding carboxylic acids is 2. The number of nitrogens with one attached hydrogen (secondary N) is 2. The van der Waals surface area contributed by atoms with E-state index in [-0.39, 0.29) is 18.2 Å². The Morgan fingerprint density at radius 2 is 1.70 bits per heavy atom. The highest BCUT2D eigenvalue weighted by Gasteiger charge is 2.20. The van der Waals surface area contributed by atoms with Gasteiger partial charge in [0.1, 0.15) is 0 Å². The lowest BCUT2D eigenvalue weighted by Gasteiger charge is -2.17. The monoisotopic (exact) mass is 296 g/mol. The van der Waals surface area contributed by atoms with Crippen LogP contribution in [0.25, 0.3) is 0 Å². The summed E-state index contributed by atoms with van der Waals surface area (Å²) in [5.74, 6) is -0.142. The fourth-order valence-corrected chi connectivity index (χ4v) is 1.57. The number of amides is 2. The summed E-state index contributed by atoms with van der Waals surface area (Å²) in [6.07, 6.45) is 0.273. The Morgan fingerprint density at radius 3 is 2.25 bits per heavy atom. The number of rotatable bonds is 5. The molecule has 0 unspecified atom stereocenters. The van der Waals surface area contributed by atoms with Crippen molar-refractivity contribution in [2.75, 3.05) is 6.54 Å². The Hall–Kier alpha value is -1.55. The van der Waals surface area contributed by atoms with Crippen LogP contribution in [0.1, 0.15) is 32.8 Å². The van der Waals surface area contributed by atoms with E-state index >= 15 is 0 Å². The number of benzene rings is 1. The van der Waals surface area contributed by atoms with Gasteiger partial charge in [-0.3, -0.25) is 9.59 Å². The van der Waals surface area contributed by atoms with Crippen LogP contribution in [0.15, 0.2) is 24.3 Å². The zero-order chi connectivity index (χ0) is 15.2. The molecule has 110 valence electrons. The summed E-state index contributed by atoms with van der Waals surface area (Å²) in [7, 11) is 0. The van der Waals surface area contributed by atoms with Gasteiger partial charge in [0.2, 0.25) is 11.8 Å². The van der Waals surface area contributed by atoms with Crippen molar-refractivity contribution in [3.63, 3.8) is 0 Å². The first-order valence-electron chi connectivity index (χ1n) is 6.58. The van der Waals surface area contributed by atoms with Crippen LogP contribution in [0.3, 0.4) is 0 Å². The van der Waals surface area contributed by atoms with Crippen LogP contribution >= 0.6 is 11.6 Å². The summed E-state index contributed by atoms with van der Waals surface area (Å²) in [6.45, 7) is 6.32. The normalized spacial score (nSPS) is 11.0. The van der Waals surface area contributed by atoms with Gasteiger partial charge in [-0.25, -0.2) is 0 Å². The lowest BCUT2D eigenvalue weighted by Crippen LogP contribution is -2.37. The van der Waals surface area contributed by atoms with Gasteiger partial charge in [0.25, 0.3) is 0 Å². The van der Waals surface area contributed by atoms with Crippen molar-refractivity contribution in [3.8, 4) is 0 Å². The third-order valence-corrected chi connectivity index (χ3v) is 2.97. The largest absolute Gasteiger partial charge is 0.355 e. The molecule has 0 saturated heterocycles. The highest BCUT2D eigenvalue weighted by molar-refractivity contribution is 6.30. The summed E-state index contributed by atoms with van der Waals surface area (Å²) in [5.41, 5.74) is 0.557. The first-order valence-corrected chi connectivity index (χ1v) is 6.96. The first-order chi connectivity index (χ1) is 9.29. The van der Waals surface area contributed by atoms with Gasteiger partial charge in [0.05, 0.1) is 0 Å². The molecule has 0 aliphatic carbocycles. The molecule has 2 amide bonds. The molecule has 0 fully saturated rings. The predicted molar refractivity (Wildman–Crippen MR) is 80.4 cm³/mol. The zero-order valence-corrected chi connectivity index (χ0v) is 12.9. The lowest BCUT2D eigenvalue weighted by atomic mass is 9.96. The van der Waals surface area contributed by atoms with Crippen molar-refractivity contribution in [2.24, 2.45) is 5.41 Å². The van der Waals surface area contributed by atoms with Gasteiger partial charge in [-0.15, -0.1) is 0 Å². The molecule has 0 aliphatic rings. The van der Waals surface area contributed by atoms with E-state index in [1.165, 1.54) is 0 Å². The second-order valence-electron chi connectivity index (χ2n) is 5.66. The Kier molecular flexibility index (Phi) is 6.02. The van der Waals surface area contributed by atoms with Gasteiger partial charge in [0.15, 0.2) is 0 Å². The highest BCUT2D eigenvalue weighted by atomic mass is 35.5. The van der Waals surface area contributed by atoms with Crippen molar-refractivity contribution in [2.45, 2.75) is 33.7 Å². The van der Waals surface area contributed by atoms with E-state index in [0.717, 1.165) is 5.56 Å². The molecule has 0 spiro atoms. The van der Waals surface area contributed by atoms with E-state index in [1.807, 2.05) is 32.9 Å². The molecule has 0 heterocycles. The molecular formula is C15H21ClN2O2. The second kappa shape index (κ2) is 7.29. The Balaban J connectivity index is 2.24. The lowest BCUT2D eigenvalue weighted by molar-refractivity contribution is -0.128. The van der Waals surface area contributed by atoms with Gasteiger partial charge >= 0.3 is 0 Å². The molecule has 4 nitrogen and oxygen atoms in total. The van der Waals surface area contributed by atoms with Crippen LogP contribution < -0.4 is 10.6 Å². The van der Waals surface area contributed by atoms with E-state index < -0.39 is 5.41 Å². The zero-order valence-electron chi connectivity index (χ0n) is 12.1. The molecule has 20 heavy (non-hydrogen) atoms. The molecule has 0 bridgehead atoms. The third kappa shape index (κ3) is 6.06. The predicted octanol–water partition coefficient (Wildman–Crippen LogP) is 2.51. The van der Waals surface area contributed by atoms with E-state index in [2.05, 4.69) is 10.6 Å². The van der Waals surface area contributed by atoms with Crippen LogP contribution in [-0.2, 0) is 16.1 Å². The van der Waals surface area contributed by atoms with Gasteiger partial charge < -0.3 is 10.6 Å². The number of halogens is 1. The van der Waals surface area contributed by atoms with E-state index in [1.54, 1.807) is 12.1 Å². The minimum atomic E-state index is -0.431. The number of hydrogen-bond acceptors (Lipinski definition) is 2. The molecule has 0 radical (unpaired) electrons. The molecule has 5 heteroatoms. The van der Waals surface area contributed by atoms with Crippen molar-refractivity contribution in [1.29, 1.82) is 0 Å². The summed E-state index contributed by atoms with van der Waals surface area (Å²) in [6, 6.07) is 7.30. The smallest absolute Gasteiger partial charge is 0.225 e. The summed E-state index contributed by atoms with van der Waals surface area (Å²) in [4.78, 5) is 23.2. The number of carbonyl (C=O) groups is 2. The van der Waals surface area contributed by atoms with Crippen molar-refractivity contribution in [1.82, 2.24) is 10.6 Å². The SMILES string of the molecule is CC(C)(C)C(=O)NCCC(=O)NCc1ccc(Cl)cc1. The standard InChI is InChI=1S/C15H21ClN2O2/c1-15(2,3)14(20)17-9-8-13(19)18-10-11-4-6-12(16)7-5-11/h4-7H,8-10H2,1-3H3,(H,17,20)(H,18,19). The summed E-state index contributed by atoms with van der Waals surface area (Å²) in [5, 5.41) is 6.21. The maximum Gasteiger partial charge on any atom is 0.225 e. The van der Waals surface area contributed by atoms with Gasteiger partial charge in [-0.05, 0) is 17.7 Å². The molecule has 0 aromatic heterocycles. The van der Waals surface area contributed by atoms with Crippen LogP contribution in [-0.4, -0.2) is 18.4 Å². The fourth-order valence-electron chi connectivity index (χ4n) is 1.45. The molecule has 2 N–H and O–H groups in total. The Labute approximate surface area is 124 Å². The van der Waals surface area contributed by atoms with Gasteiger partial charge in [-0.1, -0.05) is 44.5 Å². The minimum Gasteiger partial charge on any atom is -0.355 e. The topological polar surface area (TPSA) is 58.2 Å². The second-order valence-corrected chi connectivity index (χ2v) is 6.10. The Morgan fingerprint density at radius 1 is 1.10 bits per heavy atom. The van der Waals surface area contributed by atoms with E-state index in [9.17, 15) is 9.59 Å². The molecule has 0 atom stereocenters. The van der Waals surface area contributed by atoms with Crippen molar-refractivity contribution in [3.05, 3.63) is 34.9 Å². The van der Waals surface area contributed by atoms with E-state index in [4.69, 9.17) is 11.6 Å². The molecule has 0 aliphatic heterocycles. The van der Waals surface area contributed by atoms with Crippen LogP contribution in [0.5, 0.6) is 0 Å². The highest BCUT2D eigenvalue weighted by Crippen LogP contribution is 2.12. The third-order valence-electron chi connectivity index (χ3n) is 2.72. The molecule has 1 aromatic rings. The fraction of sp³-hybridized carbons (Fsp3) is 0.467. The van der Waals surface area contributed by atoms with Crippen molar-refractivity contribution >= 4 is 23.4 Å². The summed E-state index contributed by atoms with van der Waals surface area (Å²) >= 11 is 5.78. The maximum atomic E-state index is 11.6. The quantitative estimate of drug-likeness (QED) is 0.877. The molecular weight excluding hydrogens is 276 g/mol. The van der Waals surface area contributed by atoms with E-state index in [0.29, 0.717) is 18.1 Å². The summed E-state index contributed by atoms with van der Waals surface area (Å²) < 4.78 is 0. The van der Waals surface area contributed by atoms with Crippen LogP contribution in [0.2, 0.25) is 5.02 Å². The van der Waals surface area contributed by atoms with Gasteiger partial charge in [-0.2, -0.15) is 0 Å². The number of hydrogen-bond donors (Lipinski definition) is 2. The molecule has 0 saturated carbocycles. The van der Waals surface area contributed by atoms with Crippen molar-refractivity contribution < 1.29 is 9.59 Å². The average Bonchev–Trinajstić information content (AvgIpc) is 2.37. The van der Waals surface area contributed by atoms with Gasteiger partial charge in [0, 0.05) is 29.9 Å².